The van der Waals surface area contributed by atoms with Gasteiger partial charge in [0.1, 0.15) is 10.8 Å². The Hall–Kier alpha value is -2.27. The fraction of sp³-hybridized carbons (Fsp3) is 0.200. The van der Waals surface area contributed by atoms with Crippen LogP contribution in [0.1, 0.15) is 23.6 Å². The molecule has 0 bridgehead atoms. The summed E-state index contributed by atoms with van der Waals surface area (Å²) in [4.78, 5) is 10.2. The zero-order valence-corrected chi connectivity index (χ0v) is 11.8. The third-order valence-corrected chi connectivity index (χ3v) is 3.99. The number of hydrogen-bond acceptors (Lipinski definition) is 4. The normalized spacial score (nSPS) is 16.5. The predicted octanol–water partition coefficient (Wildman–Crippen LogP) is 4.05. The zero-order valence-electron chi connectivity index (χ0n) is 11.0. The minimum atomic E-state index is -0.500. The summed E-state index contributed by atoms with van der Waals surface area (Å²) in [6, 6.07) is 10.1. The van der Waals surface area contributed by atoms with Crippen molar-refractivity contribution in [2.24, 2.45) is 0 Å². The van der Waals surface area contributed by atoms with E-state index in [1.165, 1.54) is 6.07 Å². The Morgan fingerprint density at radius 1 is 1.29 bits per heavy atom. The van der Waals surface area contributed by atoms with Gasteiger partial charge >= 0.3 is 0 Å². The first-order chi connectivity index (χ1) is 10.0. The molecule has 1 aliphatic rings. The second-order valence-electron chi connectivity index (χ2n) is 5.04. The van der Waals surface area contributed by atoms with Gasteiger partial charge in [0.15, 0.2) is 0 Å². The number of phenols is 1. The average molecular weight is 305 g/mol. The number of benzene rings is 2. The van der Waals surface area contributed by atoms with Crippen molar-refractivity contribution >= 4 is 23.0 Å². The van der Waals surface area contributed by atoms with Crippen LogP contribution in [0.2, 0.25) is 5.02 Å². The molecule has 1 unspecified atom stereocenters. The molecule has 2 aromatic carbocycles. The van der Waals surface area contributed by atoms with E-state index >= 15 is 0 Å². The number of nitro benzene ring substituents is 1. The molecule has 0 saturated carbocycles. The number of rotatable bonds is 3. The molecule has 1 aliphatic carbocycles. The van der Waals surface area contributed by atoms with Gasteiger partial charge in [-0.3, -0.25) is 10.1 Å². The lowest BCUT2D eigenvalue weighted by atomic mass is 10.1. The molecule has 0 spiro atoms. The molecule has 0 heterocycles. The summed E-state index contributed by atoms with van der Waals surface area (Å²) in [6.45, 7) is 0. The minimum Gasteiger partial charge on any atom is -0.508 e. The maximum absolute atomic E-state index is 10.8. The summed E-state index contributed by atoms with van der Waals surface area (Å²) in [5.74, 6) is 0.271. The van der Waals surface area contributed by atoms with Crippen LogP contribution in [0, 0.1) is 10.1 Å². The van der Waals surface area contributed by atoms with Crippen molar-refractivity contribution < 1.29 is 10.0 Å². The van der Waals surface area contributed by atoms with E-state index in [9.17, 15) is 15.2 Å². The lowest BCUT2D eigenvalue weighted by Gasteiger charge is -2.15. The third kappa shape index (κ3) is 2.64. The van der Waals surface area contributed by atoms with Gasteiger partial charge in [0.25, 0.3) is 5.69 Å². The Kier molecular flexibility index (Phi) is 3.43. The van der Waals surface area contributed by atoms with Crippen molar-refractivity contribution in [2.75, 3.05) is 5.32 Å². The van der Waals surface area contributed by atoms with E-state index in [4.69, 9.17) is 11.6 Å². The summed E-state index contributed by atoms with van der Waals surface area (Å²) in [5.41, 5.74) is 2.92. The fourth-order valence-corrected chi connectivity index (χ4v) is 2.95. The summed E-state index contributed by atoms with van der Waals surface area (Å²) >= 11 is 5.92. The Bertz CT molecular complexity index is 718. The van der Waals surface area contributed by atoms with Crippen LogP contribution in [0.25, 0.3) is 0 Å². The number of aryl methyl sites for hydroxylation is 1. The molecule has 0 aliphatic heterocycles. The van der Waals surface area contributed by atoms with Crippen molar-refractivity contribution in [1.29, 1.82) is 0 Å². The van der Waals surface area contributed by atoms with Crippen molar-refractivity contribution in [2.45, 2.75) is 18.9 Å². The summed E-state index contributed by atoms with van der Waals surface area (Å²) in [5, 5.41) is 23.7. The molecule has 3 rings (SSSR count). The molecule has 0 aromatic heterocycles. The average Bonchev–Trinajstić information content (AvgIpc) is 2.80. The van der Waals surface area contributed by atoms with E-state index in [0.29, 0.717) is 0 Å². The Labute approximate surface area is 126 Å². The number of anilines is 1. The highest BCUT2D eigenvalue weighted by molar-refractivity contribution is 6.32. The monoisotopic (exact) mass is 304 g/mol. The number of hydrogen-bond donors (Lipinski definition) is 2. The van der Waals surface area contributed by atoms with Gasteiger partial charge in [0.05, 0.1) is 11.0 Å². The first-order valence-electron chi connectivity index (χ1n) is 6.57. The minimum absolute atomic E-state index is 0.0982. The van der Waals surface area contributed by atoms with E-state index in [1.807, 2.05) is 6.07 Å². The number of nitro groups is 1. The molecule has 2 aromatic rings. The highest BCUT2D eigenvalue weighted by Crippen LogP contribution is 2.36. The molecule has 6 heteroatoms. The largest absolute Gasteiger partial charge is 0.508 e. The number of fused-ring (bicyclic) bond motifs is 1. The van der Waals surface area contributed by atoms with Crippen LogP contribution in [0.5, 0.6) is 5.75 Å². The van der Waals surface area contributed by atoms with Gasteiger partial charge < -0.3 is 10.4 Å². The molecule has 5 nitrogen and oxygen atoms in total. The van der Waals surface area contributed by atoms with Crippen LogP contribution >= 0.6 is 11.6 Å². The highest BCUT2D eigenvalue weighted by Gasteiger charge is 2.23. The number of halogens is 1. The van der Waals surface area contributed by atoms with Crippen LogP contribution < -0.4 is 5.32 Å². The summed E-state index contributed by atoms with van der Waals surface area (Å²) in [7, 11) is 0. The van der Waals surface area contributed by atoms with Crippen LogP contribution in [-0.4, -0.2) is 10.0 Å². The molecule has 0 fully saturated rings. The fourth-order valence-electron chi connectivity index (χ4n) is 2.70. The molecule has 0 saturated heterocycles. The molecule has 108 valence electrons. The van der Waals surface area contributed by atoms with E-state index in [2.05, 4.69) is 5.32 Å². The Balaban J connectivity index is 1.83. The van der Waals surface area contributed by atoms with Gasteiger partial charge in [-0.25, -0.2) is 0 Å². The van der Waals surface area contributed by atoms with Crippen LogP contribution in [0.3, 0.4) is 0 Å². The SMILES string of the molecule is O=[N+]([O-])c1ccc(NC2CCc3cc(O)ccc32)cc1Cl. The maximum atomic E-state index is 10.8. The molecule has 1 atom stereocenters. The summed E-state index contributed by atoms with van der Waals surface area (Å²) < 4.78 is 0. The molecule has 0 radical (unpaired) electrons. The van der Waals surface area contributed by atoms with Gasteiger partial charge in [-0.1, -0.05) is 17.7 Å². The first kappa shape index (κ1) is 13.7. The zero-order chi connectivity index (χ0) is 15.0. The van der Waals surface area contributed by atoms with Gasteiger partial charge in [0.2, 0.25) is 0 Å². The lowest BCUT2D eigenvalue weighted by molar-refractivity contribution is -0.384. The maximum Gasteiger partial charge on any atom is 0.288 e. The Morgan fingerprint density at radius 3 is 2.81 bits per heavy atom. The standard InChI is InChI=1S/C15H13ClN2O3/c16-13-8-10(2-6-15(13)18(20)21)17-14-5-1-9-7-11(19)3-4-12(9)14/h2-4,6-8,14,17,19H,1,5H2. The van der Waals surface area contributed by atoms with Gasteiger partial charge in [-0.2, -0.15) is 0 Å². The molecule has 21 heavy (non-hydrogen) atoms. The quantitative estimate of drug-likeness (QED) is 0.662. The second kappa shape index (κ2) is 5.26. The molecular weight excluding hydrogens is 292 g/mol. The van der Waals surface area contributed by atoms with E-state index < -0.39 is 4.92 Å². The first-order valence-corrected chi connectivity index (χ1v) is 6.94. The van der Waals surface area contributed by atoms with E-state index in [0.717, 1.165) is 29.7 Å². The number of phenolic OH excluding ortho intramolecular Hbond substituents is 1. The van der Waals surface area contributed by atoms with Crippen LogP contribution in [0.15, 0.2) is 36.4 Å². The lowest BCUT2D eigenvalue weighted by Crippen LogP contribution is -2.07. The van der Waals surface area contributed by atoms with Crippen molar-refractivity contribution in [1.82, 2.24) is 0 Å². The molecular formula is C15H13ClN2O3. The smallest absolute Gasteiger partial charge is 0.288 e. The predicted molar refractivity (Wildman–Crippen MR) is 80.9 cm³/mol. The van der Waals surface area contributed by atoms with Crippen LogP contribution in [-0.2, 0) is 6.42 Å². The Morgan fingerprint density at radius 2 is 2.10 bits per heavy atom. The number of aromatic hydroxyl groups is 1. The van der Waals surface area contributed by atoms with E-state index in [-0.39, 0.29) is 22.5 Å². The van der Waals surface area contributed by atoms with E-state index in [1.54, 1.807) is 24.3 Å². The molecule has 0 amide bonds. The second-order valence-corrected chi connectivity index (χ2v) is 5.45. The van der Waals surface area contributed by atoms with Gasteiger partial charge in [0, 0.05) is 11.8 Å². The topological polar surface area (TPSA) is 75.4 Å². The van der Waals surface area contributed by atoms with Gasteiger partial charge in [-0.05, 0) is 48.2 Å². The van der Waals surface area contributed by atoms with Crippen LogP contribution in [0.4, 0.5) is 11.4 Å². The highest BCUT2D eigenvalue weighted by atomic mass is 35.5. The third-order valence-electron chi connectivity index (χ3n) is 3.69. The number of nitrogens with one attached hydrogen (secondary N) is 1. The van der Waals surface area contributed by atoms with Gasteiger partial charge in [-0.15, -0.1) is 0 Å². The van der Waals surface area contributed by atoms with Crippen molar-refractivity contribution in [3.8, 4) is 5.75 Å². The molecule has 2 N–H and O–H groups in total. The number of nitrogens with zero attached hydrogens (tertiary/aromatic N) is 1. The summed E-state index contributed by atoms with van der Waals surface area (Å²) in [6.07, 6.45) is 1.80. The van der Waals surface area contributed by atoms with Crippen molar-refractivity contribution in [3.63, 3.8) is 0 Å². The van der Waals surface area contributed by atoms with Crippen molar-refractivity contribution in [3.05, 3.63) is 62.7 Å².